The molecular formula is C18H12ClN3O5. The van der Waals surface area contributed by atoms with Gasteiger partial charge in [-0.2, -0.15) is 5.26 Å². The van der Waals surface area contributed by atoms with Crippen LogP contribution in [0, 0.1) is 28.4 Å². The number of hydrogen-bond acceptors (Lipinski definition) is 6. The lowest BCUT2D eigenvalue weighted by Crippen LogP contribution is -2.14. The Balaban J connectivity index is 1.91. The number of rotatable bonds is 4. The van der Waals surface area contributed by atoms with Crippen molar-refractivity contribution in [3.05, 3.63) is 62.2 Å². The predicted molar refractivity (Wildman–Crippen MR) is 97.6 cm³/mol. The number of carbonyl (C=O) groups excluding carboxylic acids is 1. The molecule has 0 unspecified atom stereocenters. The first-order chi connectivity index (χ1) is 12.9. The normalized spacial score (nSPS) is 12.4. The van der Waals surface area contributed by atoms with Crippen LogP contribution in [0.15, 0.2) is 35.9 Å². The predicted octanol–water partition coefficient (Wildman–Crippen LogP) is 3.83. The average Bonchev–Trinajstić information content (AvgIpc) is 3.07. The zero-order valence-electron chi connectivity index (χ0n) is 14.0. The van der Waals surface area contributed by atoms with Crippen molar-refractivity contribution in [2.24, 2.45) is 0 Å². The molecule has 1 aliphatic rings. The molecule has 3 rings (SSSR count). The molecule has 0 aromatic heterocycles. The summed E-state index contributed by atoms with van der Waals surface area (Å²) in [5, 5.41) is 23.2. The molecule has 1 amide bonds. The van der Waals surface area contributed by atoms with Crippen LogP contribution in [0.2, 0.25) is 5.02 Å². The number of anilines is 1. The Kier molecular flexibility index (Phi) is 4.96. The largest absolute Gasteiger partial charge is 0.454 e. The molecule has 0 spiro atoms. The third-order valence-corrected chi connectivity index (χ3v) is 4.08. The van der Waals surface area contributed by atoms with Gasteiger partial charge in [0.05, 0.1) is 9.95 Å². The lowest BCUT2D eigenvalue weighted by molar-refractivity contribution is -0.384. The van der Waals surface area contributed by atoms with E-state index in [1.165, 1.54) is 24.3 Å². The van der Waals surface area contributed by atoms with E-state index in [0.717, 1.165) is 0 Å². The zero-order chi connectivity index (χ0) is 19.6. The van der Waals surface area contributed by atoms with E-state index < -0.39 is 10.8 Å². The molecule has 27 heavy (non-hydrogen) atoms. The highest BCUT2D eigenvalue weighted by Crippen LogP contribution is 2.37. The number of nitrogens with zero attached hydrogens (tertiary/aromatic N) is 2. The maximum Gasteiger partial charge on any atom is 0.293 e. The van der Waals surface area contributed by atoms with Crippen LogP contribution in [0.3, 0.4) is 0 Å². The summed E-state index contributed by atoms with van der Waals surface area (Å²) in [5.41, 5.74) is 0.509. The molecule has 0 atom stereocenters. The monoisotopic (exact) mass is 385 g/mol. The summed E-state index contributed by atoms with van der Waals surface area (Å²) < 4.78 is 10.5. The minimum absolute atomic E-state index is 0.00599. The first kappa shape index (κ1) is 18.2. The van der Waals surface area contributed by atoms with Crippen molar-refractivity contribution in [1.29, 1.82) is 5.26 Å². The number of amides is 1. The molecule has 2 aromatic rings. The lowest BCUT2D eigenvalue weighted by Gasteiger charge is -2.07. The van der Waals surface area contributed by atoms with Gasteiger partial charge in [-0.15, -0.1) is 0 Å². The van der Waals surface area contributed by atoms with Crippen molar-refractivity contribution in [3.63, 3.8) is 0 Å². The fourth-order valence-electron chi connectivity index (χ4n) is 2.44. The van der Waals surface area contributed by atoms with Crippen LogP contribution in [-0.2, 0) is 4.79 Å². The van der Waals surface area contributed by atoms with Crippen LogP contribution in [-0.4, -0.2) is 17.6 Å². The van der Waals surface area contributed by atoms with Crippen LogP contribution in [0.1, 0.15) is 11.1 Å². The number of fused-ring (bicyclic) bond motifs is 1. The number of nitrogens with one attached hydrogen (secondary N) is 1. The van der Waals surface area contributed by atoms with Crippen molar-refractivity contribution >= 4 is 35.0 Å². The molecule has 8 nitrogen and oxygen atoms in total. The minimum atomic E-state index is -0.793. The first-order valence-electron chi connectivity index (χ1n) is 7.66. The molecule has 0 fully saturated rings. The molecule has 1 N–H and O–H groups in total. The Morgan fingerprint density at radius 2 is 2.04 bits per heavy atom. The van der Waals surface area contributed by atoms with Gasteiger partial charge in [0.2, 0.25) is 6.79 Å². The quantitative estimate of drug-likeness (QED) is 0.370. The summed E-state index contributed by atoms with van der Waals surface area (Å²) in [4.78, 5) is 23.0. The average molecular weight is 386 g/mol. The lowest BCUT2D eigenvalue weighted by atomic mass is 10.1. The molecule has 0 aliphatic carbocycles. The molecule has 0 radical (unpaired) electrons. The first-order valence-corrected chi connectivity index (χ1v) is 8.04. The minimum Gasteiger partial charge on any atom is -0.454 e. The van der Waals surface area contributed by atoms with Gasteiger partial charge in [-0.25, -0.2) is 0 Å². The standard InChI is InChI=1S/C18H12ClN3O5/c1-10-2-3-14(15(4-10)22(24)25)21-18(23)12(8-20)5-11-6-16-17(7-13(11)19)27-9-26-16/h2-7H,9H2,1H3,(H,21,23)/b12-5+. The van der Waals surface area contributed by atoms with E-state index >= 15 is 0 Å². The fourth-order valence-corrected chi connectivity index (χ4v) is 2.64. The van der Waals surface area contributed by atoms with Gasteiger partial charge in [0.15, 0.2) is 11.5 Å². The molecular weight excluding hydrogens is 374 g/mol. The number of nitriles is 1. The molecule has 2 aromatic carbocycles. The number of aryl methyl sites for hydroxylation is 1. The number of benzene rings is 2. The third kappa shape index (κ3) is 3.83. The van der Waals surface area contributed by atoms with E-state index in [1.54, 1.807) is 25.1 Å². The molecule has 9 heteroatoms. The summed E-state index contributed by atoms with van der Waals surface area (Å²) in [6.45, 7) is 1.75. The second-order valence-corrected chi connectivity index (χ2v) is 6.04. The third-order valence-electron chi connectivity index (χ3n) is 3.75. The van der Waals surface area contributed by atoms with E-state index in [0.29, 0.717) is 22.6 Å². The number of ether oxygens (including phenoxy) is 2. The van der Waals surface area contributed by atoms with Crippen molar-refractivity contribution in [2.45, 2.75) is 6.92 Å². The van der Waals surface area contributed by atoms with Crippen molar-refractivity contribution in [2.75, 3.05) is 12.1 Å². The molecule has 1 heterocycles. The number of nitro benzene ring substituents is 1. The summed E-state index contributed by atoms with van der Waals surface area (Å²) in [5.74, 6) is 0.117. The Morgan fingerprint density at radius 3 is 2.70 bits per heavy atom. The van der Waals surface area contributed by atoms with Crippen LogP contribution in [0.5, 0.6) is 11.5 Å². The van der Waals surface area contributed by atoms with Gasteiger partial charge in [-0.1, -0.05) is 17.7 Å². The van der Waals surface area contributed by atoms with Gasteiger partial charge in [-0.05, 0) is 36.3 Å². The van der Waals surface area contributed by atoms with Crippen molar-refractivity contribution in [1.82, 2.24) is 0 Å². The van der Waals surface area contributed by atoms with E-state index in [1.807, 2.05) is 0 Å². The van der Waals surface area contributed by atoms with E-state index in [-0.39, 0.29) is 28.8 Å². The van der Waals surface area contributed by atoms with Crippen LogP contribution < -0.4 is 14.8 Å². The zero-order valence-corrected chi connectivity index (χ0v) is 14.7. The summed E-state index contributed by atoms with van der Waals surface area (Å²) in [6, 6.07) is 9.20. The summed E-state index contributed by atoms with van der Waals surface area (Å²) in [6.07, 6.45) is 1.28. The van der Waals surface area contributed by atoms with Gasteiger partial charge in [-0.3, -0.25) is 14.9 Å². The van der Waals surface area contributed by atoms with Crippen LogP contribution in [0.25, 0.3) is 6.08 Å². The number of carbonyl (C=O) groups is 1. The van der Waals surface area contributed by atoms with E-state index in [9.17, 15) is 20.2 Å². The van der Waals surface area contributed by atoms with E-state index in [4.69, 9.17) is 21.1 Å². The Bertz CT molecular complexity index is 1030. The number of nitro groups is 1. The SMILES string of the molecule is Cc1ccc(NC(=O)/C(C#N)=C/c2cc3c(cc2Cl)OCO3)c([N+](=O)[O-])c1. The van der Waals surface area contributed by atoms with Gasteiger partial charge in [0.1, 0.15) is 17.3 Å². The second-order valence-electron chi connectivity index (χ2n) is 5.63. The number of hydrogen-bond donors (Lipinski definition) is 1. The molecule has 0 saturated heterocycles. The maximum absolute atomic E-state index is 12.4. The van der Waals surface area contributed by atoms with Gasteiger partial charge >= 0.3 is 0 Å². The Hall–Kier alpha value is -3.57. The molecule has 0 saturated carbocycles. The Morgan fingerprint density at radius 1 is 1.33 bits per heavy atom. The number of halogens is 1. The highest BCUT2D eigenvalue weighted by atomic mass is 35.5. The summed E-state index contributed by atoms with van der Waals surface area (Å²) >= 11 is 6.15. The van der Waals surface area contributed by atoms with Gasteiger partial charge < -0.3 is 14.8 Å². The topological polar surface area (TPSA) is 114 Å². The second kappa shape index (κ2) is 7.35. The van der Waals surface area contributed by atoms with Gasteiger partial charge in [0, 0.05) is 12.1 Å². The van der Waals surface area contributed by atoms with Crippen molar-refractivity contribution < 1.29 is 19.2 Å². The van der Waals surface area contributed by atoms with E-state index in [2.05, 4.69) is 5.32 Å². The van der Waals surface area contributed by atoms with Crippen LogP contribution >= 0.6 is 11.6 Å². The van der Waals surface area contributed by atoms with Gasteiger partial charge in [0.25, 0.3) is 11.6 Å². The molecule has 136 valence electrons. The highest BCUT2D eigenvalue weighted by molar-refractivity contribution is 6.32. The van der Waals surface area contributed by atoms with Crippen LogP contribution in [0.4, 0.5) is 11.4 Å². The summed E-state index contributed by atoms with van der Waals surface area (Å²) in [7, 11) is 0. The highest BCUT2D eigenvalue weighted by Gasteiger charge is 2.20. The molecule has 1 aliphatic heterocycles. The maximum atomic E-state index is 12.4. The molecule has 0 bridgehead atoms. The fraction of sp³-hybridized carbons (Fsp3) is 0.111. The van der Waals surface area contributed by atoms with Crippen molar-refractivity contribution in [3.8, 4) is 17.6 Å². The Labute approximate surface area is 158 Å². The smallest absolute Gasteiger partial charge is 0.293 e.